The number of carbonyl (C=O) groups excluding carboxylic acids is 3. The number of likely N-dealkylation sites (tertiary alicyclic amines) is 1. The standard InChI is InChI=1S/C23H34N4O6/c1-17(9-12-24-23(31)26-13-10-19(28)11-14-26)15-22(30)25-16-21(29)20(27(32)33)8-7-18-5-3-2-4-6-18/h2-6,17,19-20,28H,7-16H2,1H3,(H,24,31)(H,25,30). The van der Waals surface area contributed by atoms with Crippen molar-refractivity contribution in [3.8, 4) is 0 Å². The van der Waals surface area contributed by atoms with E-state index in [-0.39, 0.29) is 43.3 Å². The highest BCUT2D eigenvalue weighted by molar-refractivity contribution is 5.88. The molecular weight excluding hydrogens is 428 g/mol. The molecule has 0 aliphatic carbocycles. The predicted octanol–water partition coefficient (Wildman–Crippen LogP) is 1.53. The molecule has 0 spiro atoms. The van der Waals surface area contributed by atoms with Gasteiger partial charge in [0.2, 0.25) is 11.7 Å². The summed E-state index contributed by atoms with van der Waals surface area (Å²) in [6.07, 6.45) is 2.04. The Morgan fingerprint density at radius 3 is 2.45 bits per heavy atom. The topological polar surface area (TPSA) is 142 Å². The molecule has 1 aliphatic heterocycles. The Bertz CT molecular complexity index is 795. The molecule has 1 aromatic carbocycles. The minimum atomic E-state index is -1.35. The summed E-state index contributed by atoms with van der Waals surface area (Å²) in [5.74, 6) is -0.999. The quantitative estimate of drug-likeness (QED) is 0.318. The number of rotatable bonds is 12. The van der Waals surface area contributed by atoms with Gasteiger partial charge in [-0.15, -0.1) is 0 Å². The van der Waals surface area contributed by atoms with Crippen LogP contribution in [0.15, 0.2) is 30.3 Å². The molecule has 0 saturated carbocycles. The highest BCUT2D eigenvalue weighted by Crippen LogP contribution is 2.11. The van der Waals surface area contributed by atoms with Crippen LogP contribution in [0.3, 0.4) is 0 Å². The molecule has 1 fully saturated rings. The third kappa shape index (κ3) is 9.56. The molecule has 1 heterocycles. The zero-order valence-electron chi connectivity index (χ0n) is 19.1. The van der Waals surface area contributed by atoms with Crippen LogP contribution in [0, 0.1) is 16.0 Å². The lowest BCUT2D eigenvalue weighted by atomic mass is 10.0. The Labute approximate surface area is 193 Å². The molecule has 1 saturated heterocycles. The number of urea groups is 1. The number of amides is 3. The minimum absolute atomic E-state index is 0.0343. The third-order valence-electron chi connectivity index (χ3n) is 5.83. The molecule has 3 amide bonds. The Hall–Kier alpha value is -3.01. The van der Waals surface area contributed by atoms with E-state index in [1.54, 1.807) is 4.90 Å². The van der Waals surface area contributed by atoms with Crippen LogP contribution in [0.2, 0.25) is 0 Å². The van der Waals surface area contributed by atoms with Gasteiger partial charge >= 0.3 is 6.03 Å². The van der Waals surface area contributed by atoms with Gasteiger partial charge in [-0.2, -0.15) is 0 Å². The molecule has 182 valence electrons. The van der Waals surface area contributed by atoms with Gasteiger partial charge in [-0.05, 0) is 37.2 Å². The van der Waals surface area contributed by atoms with Gasteiger partial charge in [0.25, 0.3) is 6.04 Å². The summed E-state index contributed by atoms with van der Waals surface area (Å²) in [6, 6.07) is 7.70. The minimum Gasteiger partial charge on any atom is -0.393 e. The second-order valence-electron chi connectivity index (χ2n) is 8.62. The van der Waals surface area contributed by atoms with Gasteiger partial charge in [0, 0.05) is 37.4 Å². The van der Waals surface area contributed by atoms with Crippen molar-refractivity contribution in [3.05, 3.63) is 46.0 Å². The van der Waals surface area contributed by atoms with E-state index in [0.717, 1.165) is 5.56 Å². The summed E-state index contributed by atoms with van der Waals surface area (Å²) in [5, 5.41) is 26.1. The van der Waals surface area contributed by atoms with Gasteiger partial charge in [0.05, 0.1) is 12.6 Å². The van der Waals surface area contributed by atoms with Crippen molar-refractivity contribution in [2.24, 2.45) is 5.92 Å². The number of aryl methyl sites for hydroxylation is 1. The van der Waals surface area contributed by atoms with Crippen molar-refractivity contribution in [1.29, 1.82) is 0 Å². The molecule has 33 heavy (non-hydrogen) atoms. The normalized spacial score (nSPS) is 16.0. The van der Waals surface area contributed by atoms with Crippen LogP contribution in [0.4, 0.5) is 4.79 Å². The number of hydrogen-bond acceptors (Lipinski definition) is 6. The Morgan fingerprint density at radius 1 is 1.15 bits per heavy atom. The van der Waals surface area contributed by atoms with E-state index in [9.17, 15) is 29.6 Å². The number of nitrogens with one attached hydrogen (secondary N) is 2. The fraction of sp³-hybridized carbons (Fsp3) is 0.609. The maximum atomic E-state index is 12.3. The molecule has 2 rings (SSSR count). The van der Waals surface area contributed by atoms with Crippen molar-refractivity contribution < 1.29 is 24.4 Å². The lowest BCUT2D eigenvalue weighted by Crippen LogP contribution is -2.45. The van der Waals surface area contributed by atoms with Crippen molar-refractivity contribution in [1.82, 2.24) is 15.5 Å². The zero-order valence-corrected chi connectivity index (χ0v) is 19.1. The molecule has 10 heteroatoms. The Kier molecular flexibility index (Phi) is 10.8. The van der Waals surface area contributed by atoms with Crippen LogP contribution in [-0.4, -0.2) is 71.0 Å². The molecule has 0 aromatic heterocycles. The number of piperidine rings is 1. The van der Waals surface area contributed by atoms with Crippen LogP contribution in [-0.2, 0) is 16.0 Å². The van der Waals surface area contributed by atoms with Crippen LogP contribution in [0.5, 0.6) is 0 Å². The molecule has 10 nitrogen and oxygen atoms in total. The summed E-state index contributed by atoms with van der Waals surface area (Å²) < 4.78 is 0. The second-order valence-corrected chi connectivity index (χ2v) is 8.62. The largest absolute Gasteiger partial charge is 0.393 e. The molecule has 2 unspecified atom stereocenters. The lowest BCUT2D eigenvalue weighted by molar-refractivity contribution is -0.508. The van der Waals surface area contributed by atoms with Gasteiger partial charge in [-0.3, -0.25) is 19.7 Å². The number of aliphatic hydroxyl groups excluding tert-OH is 1. The van der Waals surface area contributed by atoms with Gasteiger partial charge in [-0.1, -0.05) is 37.3 Å². The van der Waals surface area contributed by atoms with E-state index < -0.39 is 16.7 Å². The highest BCUT2D eigenvalue weighted by Gasteiger charge is 2.29. The number of hydrogen-bond donors (Lipinski definition) is 3. The van der Waals surface area contributed by atoms with Crippen molar-refractivity contribution >= 4 is 17.7 Å². The van der Waals surface area contributed by atoms with Gasteiger partial charge in [-0.25, -0.2) is 4.79 Å². The molecule has 1 aromatic rings. The number of nitro groups is 1. The van der Waals surface area contributed by atoms with Crippen LogP contribution < -0.4 is 10.6 Å². The van der Waals surface area contributed by atoms with E-state index in [0.29, 0.717) is 45.3 Å². The monoisotopic (exact) mass is 462 g/mol. The number of carbonyl (C=O) groups is 3. The molecule has 3 N–H and O–H groups in total. The van der Waals surface area contributed by atoms with E-state index in [4.69, 9.17) is 0 Å². The lowest BCUT2D eigenvalue weighted by Gasteiger charge is -2.29. The van der Waals surface area contributed by atoms with Crippen LogP contribution >= 0.6 is 0 Å². The summed E-state index contributed by atoms with van der Waals surface area (Å²) in [7, 11) is 0. The maximum absolute atomic E-state index is 12.3. The van der Waals surface area contributed by atoms with Crippen LogP contribution in [0.25, 0.3) is 0 Å². The molecule has 1 aliphatic rings. The molecular formula is C23H34N4O6. The Morgan fingerprint density at radius 2 is 1.82 bits per heavy atom. The summed E-state index contributed by atoms with van der Waals surface area (Å²) >= 11 is 0. The smallest absolute Gasteiger partial charge is 0.317 e. The summed E-state index contributed by atoms with van der Waals surface area (Å²) in [5.41, 5.74) is 0.917. The molecule has 0 bridgehead atoms. The van der Waals surface area contributed by atoms with Crippen molar-refractivity contribution in [2.45, 2.75) is 57.6 Å². The van der Waals surface area contributed by atoms with E-state index >= 15 is 0 Å². The molecule has 0 radical (unpaired) electrons. The number of benzene rings is 1. The predicted molar refractivity (Wildman–Crippen MR) is 122 cm³/mol. The first-order valence-corrected chi connectivity index (χ1v) is 11.4. The van der Waals surface area contributed by atoms with E-state index in [1.165, 1.54) is 0 Å². The summed E-state index contributed by atoms with van der Waals surface area (Å²) in [4.78, 5) is 48.9. The number of nitrogens with zero attached hydrogens (tertiary/aromatic N) is 2. The Balaban J connectivity index is 1.65. The second kappa shape index (κ2) is 13.5. The SMILES string of the molecule is CC(CCNC(=O)N1CCC(O)CC1)CC(=O)NCC(=O)C(CCc1ccccc1)[N+](=O)[O-]. The first-order chi connectivity index (χ1) is 15.8. The fourth-order valence-corrected chi connectivity index (χ4v) is 3.73. The van der Waals surface area contributed by atoms with E-state index in [1.807, 2.05) is 37.3 Å². The number of aliphatic hydroxyl groups is 1. The zero-order chi connectivity index (χ0) is 24.2. The maximum Gasteiger partial charge on any atom is 0.317 e. The van der Waals surface area contributed by atoms with Crippen molar-refractivity contribution in [3.63, 3.8) is 0 Å². The average molecular weight is 463 g/mol. The van der Waals surface area contributed by atoms with Crippen LogP contribution in [0.1, 0.15) is 44.6 Å². The molecule has 2 atom stereocenters. The van der Waals surface area contributed by atoms with Gasteiger partial charge in [0.15, 0.2) is 0 Å². The third-order valence-corrected chi connectivity index (χ3v) is 5.83. The van der Waals surface area contributed by atoms with E-state index in [2.05, 4.69) is 10.6 Å². The van der Waals surface area contributed by atoms with Crippen molar-refractivity contribution in [2.75, 3.05) is 26.2 Å². The average Bonchev–Trinajstić information content (AvgIpc) is 2.78. The fourth-order valence-electron chi connectivity index (χ4n) is 3.73. The first-order valence-electron chi connectivity index (χ1n) is 11.4. The van der Waals surface area contributed by atoms with Gasteiger partial charge in [0.1, 0.15) is 0 Å². The first kappa shape index (κ1) is 26.2. The number of ketones is 1. The van der Waals surface area contributed by atoms with Gasteiger partial charge < -0.3 is 20.6 Å². The number of Topliss-reactive ketones (excluding diaryl/α,β-unsaturated/α-hetero) is 1. The summed E-state index contributed by atoms with van der Waals surface area (Å²) in [6.45, 7) is 2.95. The highest BCUT2D eigenvalue weighted by atomic mass is 16.6.